The Morgan fingerprint density at radius 3 is 2.49 bits per heavy atom. The third-order valence-corrected chi connectivity index (χ3v) is 6.47. The first kappa shape index (κ1) is 28.3. The van der Waals surface area contributed by atoms with Gasteiger partial charge in [0, 0.05) is 29.9 Å². The Bertz CT molecular complexity index is 1160. The number of rotatable bonds is 8. The quantitative estimate of drug-likeness (QED) is 0.448. The Kier molecular flexibility index (Phi) is 8.08. The number of nitrogens with one attached hydrogen (secondary N) is 1. The number of amides is 2. The molecule has 8 nitrogen and oxygen atoms in total. The van der Waals surface area contributed by atoms with Crippen molar-refractivity contribution in [2.45, 2.75) is 44.6 Å². The summed E-state index contributed by atoms with van der Waals surface area (Å²) in [5.41, 5.74) is 2.02. The van der Waals surface area contributed by atoms with Gasteiger partial charge in [0.1, 0.15) is 11.8 Å². The van der Waals surface area contributed by atoms with Gasteiger partial charge in [0.2, 0.25) is 5.82 Å². The molecule has 0 saturated carbocycles. The molecule has 4 N–H and O–H groups in total. The van der Waals surface area contributed by atoms with E-state index in [-0.39, 0.29) is 30.2 Å². The maximum atomic E-state index is 14.8. The van der Waals surface area contributed by atoms with Crippen LogP contribution in [0, 0.1) is 23.5 Å². The number of ether oxygens (including phenoxy) is 2. The van der Waals surface area contributed by atoms with E-state index < -0.39 is 64.8 Å². The zero-order valence-corrected chi connectivity index (χ0v) is 20.1. The fraction of sp³-hybridized carbons (Fsp3) is 0.458. The second-order valence-electron chi connectivity index (χ2n) is 9.12. The molecule has 37 heavy (non-hydrogen) atoms. The highest BCUT2D eigenvalue weighted by Gasteiger charge is 2.66. The molecule has 2 aromatic rings. The summed E-state index contributed by atoms with van der Waals surface area (Å²) in [5.74, 6) is -8.62. The highest BCUT2D eigenvalue weighted by atomic mass is 19.4. The van der Waals surface area contributed by atoms with E-state index in [1.54, 1.807) is 6.92 Å². The number of carbonyl (C=O) groups is 2. The second kappa shape index (κ2) is 10.6. The third-order valence-electron chi connectivity index (χ3n) is 6.47. The van der Waals surface area contributed by atoms with Gasteiger partial charge in [0.15, 0.2) is 17.2 Å². The molecular weight excluding hydrogens is 505 g/mol. The summed E-state index contributed by atoms with van der Waals surface area (Å²) in [6.07, 6.45) is -5.65. The number of carbonyl (C=O) groups excluding carboxylic acids is 2. The summed E-state index contributed by atoms with van der Waals surface area (Å²) >= 11 is 0. The van der Waals surface area contributed by atoms with Crippen LogP contribution in [0.5, 0.6) is 5.75 Å². The van der Waals surface area contributed by atoms with Crippen LogP contribution in [-0.4, -0.2) is 53.0 Å². The number of aliphatic hydroxyl groups is 1. The highest BCUT2D eigenvalue weighted by Crippen LogP contribution is 2.55. The van der Waals surface area contributed by atoms with Gasteiger partial charge in [-0.1, -0.05) is 19.9 Å². The van der Waals surface area contributed by atoms with Crippen molar-refractivity contribution >= 4 is 17.5 Å². The fourth-order valence-corrected chi connectivity index (χ4v) is 4.08. The summed E-state index contributed by atoms with van der Waals surface area (Å²) in [6.45, 7) is 2.92. The highest BCUT2D eigenvalue weighted by molar-refractivity contribution is 5.96. The number of hydrogen-bond donors (Lipinski definition) is 3. The zero-order valence-electron chi connectivity index (χ0n) is 20.1. The number of alkyl halides is 3. The summed E-state index contributed by atoms with van der Waals surface area (Å²) in [6, 6.07) is 4.25. The molecule has 5 atom stereocenters. The molecule has 2 amide bonds. The Balaban J connectivity index is 2.05. The van der Waals surface area contributed by atoms with Crippen molar-refractivity contribution in [1.82, 2.24) is 4.98 Å². The molecule has 1 saturated heterocycles. The van der Waals surface area contributed by atoms with Crippen LogP contribution < -0.4 is 15.8 Å². The number of nitrogens with two attached hydrogens (primary N) is 1. The van der Waals surface area contributed by atoms with E-state index in [0.717, 1.165) is 25.3 Å². The minimum absolute atomic E-state index is 0.0316. The van der Waals surface area contributed by atoms with Crippen molar-refractivity contribution in [2.75, 3.05) is 18.5 Å². The van der Waals surface area contributed by atoms with Crippen LogP contribution in [0.25, 0.3) is 0 Å². The van der Waals surface area contributed by atoms with Gasteiger partial charge in [-0.3, -0.25) is 9.59 Å². The first-order valence-electron chi connectivity index (χ1n) is 11.2. The smallest absolute Gasteiger partial charge is 0.417 e. The van der Waals surface area contributed by atoms with E-state index in [1.807, 2.05) is 0 Å². The molecular formula is C24H26F5N3O5. The van der Waals surface area contributed by atoms with E-state index >= 15 is 0 Å². The first-order valence-corrected chi connectivity index (χ1v) is 11.2. The van der Waals surface area contributed by atoms with E-state index in [4.69, 9.17) is 15.2 Å². The molecule has 1 aliphatic rings. The molecule has 1 aromatic carbocycles. The molecule has 13 heteroatoms. The lowest BCUT2D eigenvalue weighted by atomic mass is 9.77. The zero-order chi connectivity index (χ0) is 27.7. The summed E-state index contributed by atoms with van der Waals surface area (Å²) in [5, 5.41) is 11.6. The second-order valence-corrected chi connectivity index (χ2v) is 9.12. The van der Waals surface area contributed by atoms with Gasteiger partial charge >= 0.3 is 6.18 Å². The Labute approximate surface area is 209 Å². The van der Waals surface area contributed by atoms with Crippen LogP contribution in [0.3, 0.4) is 0 Å². The number of primary amides is 1. The van der Waals surface area contributed by atoms with Gasteiger partial charge in [0.25, 0.3) is 11.8 Å². The van der Waals surface area contributed by atoms with Gasteiger partial charge in [-0.05, 0) is 25.1 Å². The number of aromatic nitrogens is 1. The lowest BCUT2D eigenvalue weighted by molar-refractivity contribution is -0.272. The van der Waals surface area contributed by atoms with E-state index in [1.165, 1.54) is 19.1 Å². The van der Waals surface area contributed by atoms with Gasteiger partial charge in [0.05, 0.1) is 18.5 Å². The van der Waals surface area contributed by atoms with E-state index in [2.05, 4.69) is 10.3 Å². The molecule has 0 spiro atoms. The standard InChI is InChI=1S/C24H26F5N3O5/c1-11(9-33)10-36-19-14(5-6-15(25)18(19)26)17-12(2)23(3,24(27,28)29)37-20(17)22(35)32-13-4-7-16(21(30)34)31-8-13/h4-8,11-12,17,20,33H,9-10H2,1-3H3,(H2,30,34)(H,32,35)/t11-,12-,17-,20+,23+/m0/s1. The Morgan fingerprint density at radius 2 is 1.95 bits per heavy atom. The van der Waals surface area contributed by atoms with Crippen LogP contribution >= 0.6 is 0 Å². The van der Waals surface area contributed by atoms with Crippen molar-refractivity contribution < 1.29 is 46.1 Å². The van der Waals surface area contributed by atoms with Gasteiger partial charge < -0.3 is 25.6 Å². The van der Waals surface area contributed by atoms with Crippen LogP contribution in [0.2, 0.25) is 0 Å². The number of anilines is 1. The predicted molar refractivity (Wildman–Crippen MR) is 121 cm³/mol. The third kappa shape index (κ3) is 5.52. The largest absolute Gasteiger partial charge is 0.490 e. The first-order chi connectivity index (χ1) is 17.2. The van der Waals surface area contributed by atoms with Crippen molar-refractivity contribution in [3.63, 3.8) is 0 Å². The average molecular weight is 531 g/mol. The van der Waals surface area contributed by atoms with Crippen molar-refractivity contribution in [1.29, 1.82) is 0 Å². The molecule has 1 fully saturated rings. The minimum atomic E-state index is -4.92. The van der Waals surface area contributed by atoms with Crippen LogP contribution in [0.15, 0.2) is 30.5 Å². The summed E-state index contributed by atoms with van der Waals surface area (Å²) in [4.78, 5) is 28.2. The molecule has 202 valence electrons. The van der Waals surface area contributed by atoms with Crippen molar-refractivity contribution in [3.8, 4) is 5.75 Å². The molecule has 1 aromatic heterocycles. The van der Waals surface area contributed by atoms with E-state index in [0.29, 0.717) is 0 Å². The fourth-order valence-electron chi connectivity index (χ4n) is 4.08. The Morgan fingerprint density at radius 1 is 1.27 bits per heavy atom. The Hall–Kier alpha value is -3.32. The molecule has 1 aliphatic heterocycles. The summed E-state index contributed by atoms with van der Waals surface area (Å²) < 4.78 is 82.0. The number of nitrogens with zero attached hydrogens (tertiary/aromatic N) is 1. The van der Waals surface area contributed by atoms with E-state index in [9.17, 15) is 36.6 Å². The van der Waals surface area contributed by atoms with Gasteiger partial charge in [-0.15, -0.1) is 0 Å². The number of halogens is 5. The molecule has 2 heterocycles. The van der Waals surface area contributed by atoms with Gasteiger partial charge in [-0.2, -0.15) is 17.6 Å². The molecule has 0 bridgehead atoms. The average Bonchev–Trinajstić information content (AvgIpc) is 3.12. The maximum Gasteiger partial charge on any atom is 0.417 e. The van der Waals surface area contributed by atoms with Crippen molar-refractivity contribution in [2.24, 2.45) is 17.6 Å². The number of aliphatic hydroxyl groups excluding tert-OH is 1. The molecule has 0 aliphatic carbocycles. The van der Waals surface area contributed by atoms with Gasteiger partial charge in [-0.25, -0.2) is 9.37 Å². The molecule has 0 unspecified atom stereocenters. The monoisotopic (exact) mass is 531 g/mol. The number of benzene rings is 1. The van der Waals surface area contributed by atoms with Crippen molar-refractivity contribution in [3.05, 3.63) is 53.4 Å². The van der Waals surface area contributed by atoms with Crippen LogP contribution in [-0.2, 0) is 9.53 Å². The lowest BCUT2D eigenvalue weighted by Gasteiger charge is -2.32. The predicted octanol–water partition coefficient (Wildman–Crippen LogP) is 3.54. The maximum absolute atomic E-state index is 14.8. The topological polar surface area (TPSA) is 124 Å². The van der Waals surface area contributed by atoms with Crippen LogP contribution in [0.1, 0.15) is 42.7 Å². The lowest BCUT2D eigenvalue weighted by Crippen LogP contribution is -2.47. The number of hydrogen-bond acceptors (Lipinski definition) is 6. The normalized spacial score (nSPS) is 24.5. The molecule has 0 radical (unpaired) electrons. The number of pyridine rings is 1. The van der Waals surface area contributed by atoms with Crippen LogP contribution in [0.4, 0.5) is 27.6 Å². The minimum Gasteiger partial charge on any atom is -0.490 e. The molecule has 3 rings (SSSR count). The SMILES string of the molecule is C[C@@H](CO)COc1c([C@H]2[C@H](C(=O)Nc3ccc(C(N)=O)nc3)O[C@@](C)(C(F)(F)F)[C@H]2C)ccc(F)c1F. The summed E-state index contributed by atoms with van der Waals surface area (Å²) in [7, 11) is 0.